The van der Waals surface area contributed by atoms with Crippen LogP contribution in [0, 0.1) is 0 Å². The van der Waals surface area contributed by atoms with Gasteiger partial charge < -0.3 is 0 Å². The van der Waals surface area contributed by atoms with Crippen molar-refractivity contribution < 1.29 is 4.57 Å². The molecule has 0 amide bonds. The summed E-state index contributed by atoms with van der Waals surface area (Å²) in [6, 6.07) is 26.4. The third-order valence-electron chi connectivity index (χ3n) is 4.16. The van der Waals surface area contributed by atoms with Gasteiger partial charge in [-0.2, -0.15) is 0 Å². The fourth-order valence-electron chi connectivity index (χ4n) is 3.13. The van der Waals surface area contributed by atoms with E-state index in [1.54, 1.807) is 0 Å². The molecule has 0 heterocycles. The van der Waals surface area contributed by atoms with E-state index in [1.165, 1.54) is 0 Å². The zero-order valence-electron chi connectivity index (χ0n) is 12.2. The van der Waals surface area contributed by atoms with Crippen molar-refractivity contribution in [1.29, 1.82) is 0 Å². The zero-order valence-corrected chi connectivity index (χ0v) is 13.9. The molecule has 3 heteroatoms. The first-order valence-electron chi connectivity index (χ1n) is 7.38. The van der Waals surface area contributed by atoms with E-state index in [4.69, 9.17) is 11.2 Å². The molecule has 0 saturated heterocycles. The fraction of sp³-hybridized carbons (Fsp3) is 0. The topological polar surface area (TPSA) is 17.1 Å². The van der Waals surface area contributed by atoms with Gasteiger partial charge in [0.05, 0.1) is 0 Å². The highest BCUT2D eigenvalue weighted by Gasteiger charge is 2.25. The Bertz CT molecular complexity index is 1050. The fourth-order valence-corrected chi connectivity index (χ4v) is 4.16. The van der Waals surface area contributed by atoms with Crippen LogP contribution < -0.4 is 5.30 Å². The smallest absolute Gasteiger partial charge is 0.0616 e. The Hall–Kier alpha value is -2.21. The van der Waals surface area contributed by atoms with Gasteiger partial charge in [0.1, 0.15) is 0 Å². The van der Waals surface area contributed by atoms with Crippen LogP contribution in [-0.4, -0.2) is 0 Å². The number of hydrogen-bond donors (Lipinski definition) is 0. The minimum atomic E-state index is -1.95. The summed E-state index contributed by atoms with van der Waals surface area (Å²) >= 11 is 6.02. The third-order valence-corrected chi connectivity index (χ3v) is 5.45. The van der Waals surface area contributed by atoms with E-state index < -0.39 is 7.15 Å². The molecule has 0 aliphatic rings. The molecule has 4 aromatic carbocycles. The van der Waals surface area contributed by atoms with E-state index in [9.17, 15) is 4.57 Å². The van der Waals surface area contributed by atoms with Crippen molar-refractivity contribution in [3.63, 3.8) is 0 Å². The number of fused-ring (bicyclic) bond motifs is 2. The molecule has 23 heavy (non-hydrogen) atoms. The third kappa shape index (κ3) is 2.43. The lowest BCUT2D eigenvalue weighted by molar-refractivity contribution is 0.600. The van der Waals surface area contributed by atoms with Gasteiger partial charge in [0, 0.05) is 5.56 Å². The molecule has 0 fully saturated rings. The predicted octanol–water partition coefficient (Wildman–Crippen LogP) is 6.27. The Morgan fingerprint density at radius 3 is 2.00 bits per heavy atom. The first-order chi connectivity index (χ1) is 11.3. The largest absolute Gasteiger partial charge is 0.494 e. The van der Waals surface area contributed by atoms with Gasteiger partial charge in [-0.05, 0) is 43.8 Å². The van der Waals surface area contributed by atoms with Crippen molar-refractivity contribution in [3.8, 4) is 11.1 Å². The number of hydrogen-bond acceptors (Lipinski definition) is 1. The first-order valence-corrected chi connectivity index (χ1v) is 9.55. The van der Waals surface area contributed by atoms with E-state index in [1.807, 2.05) is 42.5 Å². The summed E-state index contributed by atoms with van der Waals surface area (Å²) in [5.74, 6) is 0. The second-order valence-corrected chi connectivity index (χ2v) is 7.34. The van der Waals surface area contributed by atoms with Gasteiger partial charge in [-0.3, -0.25) is 0 Å². The lowest BCUT2D eigenvalue weighted by Crippen LogP contribution is -2.01. The normalized spacial score (nSPS) is 11.8. The molecule has 110 valence electrons. The molecule has 0 bridgehead atoms. The molecule has 4 rings (SSSR count). The molecule has 0 radical (unpaired) electrons. The molecule has 0 saturated carbocycles. The van der Waals surface area contributed by atoms with Gasteiger partial charge >= 0.3 is 7.15 Å². The Labute approximate surface area is 140 Å². The van der Waals surface area contributed by atoms with Crippen molar-refractivity contribution >= 4 is 45.2 Å². The van der Waals surface area contributed by atoms with Crippen molar-refractivity contribution in [3.05, 3.63) is 78.9 Å². The molecule has 0 N–H and O–H groups in total. The number of halogens is 1. The molecule has 1 nitrogen and oxygen atoms in total. The van der Waals surface area contributed by atoms with E-state index in [0.717, 1.165) is 32.7 Å². The molecular weight excluding hydrogens is 323 g/mol. The Kier molecular flexibility index (Phi) is 3.61. The van der Waals surface area contributed by atoms with E-state index >= 15 is 0 Å². The molecule has 1 unspecified atom stereocenters. The van der Waals surface area contributed by atoms with Crippen LogP contribution in [0.3, 0.4) is 0 Å². The molecular formula is C20H13ClOP+. The summed E-state index contributed by atoms with van der Waals surface area (Å²) in [4.78, 5) is 0. The minimum absolute atomic E-state index is 0.691. The van der Waals surface area contributed by atoms with Crippen LogP contribution in [-0.2, 0) is 4.57 Å². The van der Waals surface area contributed by atoms with Crippen molar-refractivity contribution in [2.24, 2.45) is 0 Å². The highest BCUT2D eigenvalue weighted by Crippen LogP contribution is 2.38. The predicted molar refractivity (Wildman–Crippen MR) is 100.0 cm³/mol. The second kappa shape index (κ2) is 5.77. The second-order valence-electron chi connectivity index (χ2n) is 5.45. The maximum absolute atomic E-state index is 12.1. The SMILES string of the molecule is O=[P+](Cl)c1ccc2ccccc2c1-c1cccc2ccccc12. The van der Waals surface area contributed by atoms with Crippen molar-refractivity contribution in [2.75, 3.05) is 0 Å². The first kappa shape index (κ1) is 14.4. The van der Waals surface area contributed by atoms with Crippen LogP contribution in [0.1, 0.15) is 0 Å². The Morgan fingerprint density at radius 2 is 1.26 bits per heavy atom. The van der Waals surface area contributed by atoms with Gasteiger partial charge in [-0.25, -0.2) is 0 Å². The van der Waals surface area contributed by atoms with Crippen LogP contribution in [0.15, 0.2) is 78.9 Å². The molecule has 0 aliphatic heterocycles. The molecule has 0 spiro atoms. The lowest BCUT2D eigenvalue weighted by Gasteiger charge is -2.10. The van der Waals surface area contributed by atoms with Crippen LogP contribution in [0.5, 0.6) is 0 Å². The van der Waals surface area contributed by atoms with Crippen LogP contribution in [0.25, 0.3) is 32.7 Å². The van der Waals surface area contributed by atoms with E-state index in [2.05, 4.69) is 36.4 Å². The average molecular weight is 336 g/mol. The quantitative estimate of drug-likeness (QED) is 0.395. The van der Waals surface area contributed by atoms with Crippen LogP contribution in [0.4, 0.5) is 0 Å². The van der Waals surface area contributed by atoms with Crippen LogP contribution >= 0.6 is 18.4 Å². The minimum Gasteiger partial charge on any atom is -0.0616 e. The van der Waals surface area contributed by atoms with Crippen molar-refractivity contribution in [2.45, 2.75) is 0 Å². The lowest BCUT2D eigenvalue weighted by atomic mass is 9.94. The molecule has 0 aromatic heterocycles. The Balaban J connectivity index is 2.19. The Morgan fingerprint density at radius 1 is 0.652 bits per heavy atom. The van der Waals surface area contributed by atoms with E-state index in [-0.39, 0.29) is 0 Å². The molecule has 4 aromatic rings. The highest BCUT2D eigenvalue weighted by molar-refractivity contribution is 7.80. The molecule has 0 aliphatic carbocycles. The summed E-state index contributed by atoms with van der Waals surface area (Å²) in [7, 11) is -1.95. The van der Waals surface area contributed by atoms with Crippen molar-refractivity contribution in [1.82, 2.24) is 0 Å². The van der Waals surface area contributed by atoms with Crippen LogP contribution in [0.2, 0.25) is 0 Å². The monoisotopic (exact) mass is 335 g/mol. The van der Waals surface area contributed by atoms with Gasteiger partial charge in [-0.1, -0.05) is 66.7 Å². The number of rotatable bonds is 2. The van der Waals surface area contributed by atoms with Gasteiger partial charge in [0.25, 0.3) is 0 Å². The average Bonchev–Trinajstić information content (AvgIpc) is 2.60. The molecule has 1 atom stereocenters. The maximum Gasteiger partial charge on any atom is 0.494 e. The van der Waals surface area contributed by atoms with E-state index in [0.29, 0.717) is 5.30 Å². The standard InChI is InChI=1S/C20H13ClOP/c21-23(22)19-13-12-15-7-2-4-10-17(15)20(19)18-11-5-8-14-6-1-3-9-16(14)18/h1-13H/q+1. The van der Waals surface area contributed by atoms with Gasteiger partial charge in [0.2, 0.25) is 16.5 Å². The summed E-state index contributed by atoms with van der Waals surface area (Å²) in [6.45, 7) is 0. The highest BCUT2D eigenvalue weighted by atomic mass is 35.7. The summed E-state index contributed by atoms with van der Waals surface area (Å²) in [5.41, 5.74) is 2.04. The van der Waals surface area contributed by atoms with Gasteiger partial charge in [-0.15, -0.1) is 0 Å². The van der Waals surface area contributed by atoms with Gasteiger partial charge in [0.15, 0.2) is 0 Å². The maximum atomic E-state index is 12.1. The summed E-state index contributed by atoms with van der Waals surface area (Å²) in [5, 5.41) is 5.18. The number of benzene rings is 4. The summed E-state index contributed by atoms with van der Waals surface area (Å²) < 4.78 is 12.1. The summed E-state index contributed by atoms with van der Waals surface area (Å²) in [6.07, 6.45) is 0. The zero-order chi connectivity index (χ0) is 15.8.